The lowest BCUT2D eigenvalue weighted by Crippen LogP contribution is -2.56. The molecule has 0 radical (unpaired) electrons. The number of ketones is 3. The van der Waals surface area contributed by atoms with E-state index in [2.05, 4.69) is 13.8 Å². The lowest BCUT2D eigenvalue weighted by molar-refractivity contribution is -0.159. The molecule has 4 aliphatic carbocycles. The molecule has 7 atom stereocenters. The lowest BCUT2D eigenvalue weighted by Gasteiger charge is -2.59. The van der Waals surface area contributed by atoms with Gasteiger partial charge in [-0.05, 0) is 67.6 Å². The minimum atomic E-state index is -0.0330. The molecule has 3 heteroatoms. The Balaban J connectivity index is 1.68. The molecule has 4 aliphatic rings. The SMILES string of the molecule is CC(=O)[C@@H]1CC[C@@H]2[C@@H]3CC(=O)[C@H]4CC(=O)CC[C@]4(C)[C@@H]3CC[C@]21C. The predicted molar refractivity (Wildman–Crippen MR) is 91.3 cm³/mol. The first-order valence-corrected chi connectivity index (χ1v) is 9.82. The molecular formula is C21H30O3. The van der Waals surface area contributed by atoms with Gasteiger partial charge in [-0.3, -0.25) is 14.4 Å². The highest BCUT2D eigenvalue weighted by atomic mass is 16.1. The predicted octanol–water partition coefficient (Wildman–Crippen LogP) is 3.98. The smallest absolute Gasteiger partial charge is 0.137 e. The topological polar surface area (TPSA) is 51.2 Å². The normalized spacial score (nSPS) is 50.9. The molecule has 0 aliphatic heterocycles. The van der Waals surface area contributed by atoms with Gasteiger partial charge in [0.1, 0.15) is 17.3 Å². The van der Waals surface area contributed by atoms with Crippen LogP contribution in [0.4, 0.5) is 0 Å². The van der Waals surface area contributed by atoms with Crippen molar-refractivity contribution < 1.29 is 14.4 Å². The van der Waals surface area contributed by atoms with E-state index in [0.29, 0.717) is 48.6 Å². The molecule has 0 aromatic heterocycles. The zero-order valence-electron chi connectivity index (χ0n) is 15.3. The average molecular weight is 330 g/mol. The first-order valence-electron chi connectivity index (χ1n) is 9.82. The quantitative estimate of drug-likeness (QED) is 0.730. The first-order chi connectivity index (χ1) is 11.3. The van der Waals surface area contributed by atoms with E-state index in [9.17, 15) is 14.4 Å². The standard InChI is InChI=1S/C21H30O3/c1-12(22)15-4-5-16-14-11-19(24)18-10-13(23)6-8-21(18,3)17(14)7-9-20(15,16)2/h14-18H,4-11H2,1-3H3/t14-,15-,16+,17+,18+,20-,21+/m0/s1. The summed E-state index contributed by atoms with van der Waals surface area (Å²) >= 11 is 0. The van der Waals surface area contributed by atoms with Gasteiger partial charge in [0.15, 0.2) is 0 Å². The maximum absolute atomic E-state index is 12.9. The molecule has 4 fully saturated rings. The Labute approximate surface area is 144 Å². The Kier molecular flexibility index (Phi) is 3.61. The third kappa shape index (κ3) is 2.05. The van der Waals surface area contributed by atoms with E-state index in [1.165, 1.54) is 0 Å². The molecule has 0 bridgehead atoms. The molecule has 0 aromatic carbocycles. The number of rotatable bonds is 1. The third-order valence-corrected chi connectivity index (χ3v) is 8.77. The van der Waals surface area contributed by atoms with Crippen LogP contribution in [0.15, 0.2) is 0 Å². The Bertz CT molecular complexity index is 608. The molecule has 0 aromatic rings. The molecule has 0 heterocycles. The molecule has 4 rings (SSSR count). The van der Waals surface area contributed by atoms with Crippen molar-refractivity contribution in [1.29, 1.82) is 0 Å². The number of carbonyl (C=O) groups excluding carboxylic acids is 3. The van der Waals surface area contributed by atoms with Gasteiger partial charge in [0.25, 0.3) is 0 Å². The summed E-state index contributed by atoms with van der Waals surface area (Å²) in [5.74, 6) is 2.64. The summed E-state index contributed by atoms with van der Waals surface area (Å²) in [6.07, 6.45) is 7.05. The Morgan fingerprint density at radius 1 is 0.958 bits per heavy atom. The summed E-state index contributed by atoms with van der Waals surface area (Å²) in [6, 6.07) is 0. The van der Waals surface area contributed by atoms with Crippen LogP contribution in [0.25, 0.3) is 0 Å². The van der Waals surface area contributed by atoms with Crippen molar-refractivity contribution in [3.63, 3.8) is 0 Å². The van der Waals surface area contributed by atoms with E-state index < -0.39 is 0 Å². The van der Waals surface area contributed by atoms with Crippen molar-refractivity contribution in [3.8, 4) is 0 Å². The van der Waals surface area contributed by atoms with Crippen LogP contribution >= 0.6 is 0 Å². The Morgan fingerprint density at radius 2 is 1.67 bits per heavy atom. The maximum atomic E-state index is 12.9. The summed E-state index contributed by atoms with van der Waals surface area (Å²) in [6.45, 7) is 6.36. The van der Waals surface area contributed by atoms with Crippen LogP contribution in [0.1, 0.15) is 72.1 Å². The molecule has 3 nitrogen and oxygen atoms in total. The fourth-order valence-electron chi connectivity index (χ4n) is 7.50. The molecule has 0 amide bonds. The number of carbonyl (C=O) groups is 3. The van der Waals surface area contributed by atoms with E-state index in [0.717, 1.165) is 32.1 Å². The van der Waals surface area contributed by atoms with Crippen LogP contribution in [-0.4, -0.2) is 17.3 Å². The molecule has 4 saturated carbocycles. The largest absolute Gasteiger partial charge is 0.300 e. The first kappa shape index (κ1) is 16.5. The van der Waals surface area contributed by atoms with Crippen molar-refractivity contribution in [2.24, 2.45) is 40.4 Å². The zero-order chi connectivity index (χ0) is 17.3. The minimum absolute atomic E-state index is 0.0174. The average Bonchev–Trinajstić information content (AvgIpc) is 2.87. The monoisotopic (exact) mass is 330 g/mol. The van der Waals surface area contributed by atoms with Crippen molar-refractivity contribution in [1.82, 2.24) is 0 Å². The van der Waals surface area contributed by atoms with Crippen molar-refractivity contribution >= 4 is 17.3 Å². The van der Waals surface area contributed by atoms with Crippen molar-refractivity contribution in [2.75, 3.05) is 0 Å². The van der Waals surface area contributed by atoms with Gasteiger partial charge in [0.05, 0.1) is 0 Å². The van der Waals surface area contributed by atoms with Crippen molar-refractivity contribution in [3.05, 3.63) is 0 Å². The molecule has 0 spiro atoms. The lowest BCUT2D eigenvalue weighted by atomic mass is 9.44. The number of fused-ring (bicyclic) bond motifs is 5. The van der Waals surface area contributed by atoms with Crippen LogP contribution in [0.5, 0.6) is 0 Å². The second-order valence-electron chi connectivity index (χ2n) is 9.63. The van der Waals surface area contributed by atoms with Crippen LogP contribution in [0.3, 0.4) is 0 Å². The van der Waals surface area contributed by atoms with Gasteiger partial charge in [0, 0.05) is 31.1 Å². The highest BCUT2D eigenvalue weighted by Gasteiger charge is 2.62. The van der Waals surface area contributed by atoms with Gasteiger partial charge in [-0.15, -0.1) is 0 Å². The van der Waals surface area contributed by atoms with Gasteiger partial charge in [0.2, 0.25) is 0 Å². The summed E-state index contributed by atoms with van der Waals surface area (Å²) in [4.78, 5) is 37.0. The van der Waals surface area contributed by atoms with Crippen LogP contribution in [-0.2, 0) is 14.4 Å². The van der Waals surface area contributed by atoms with Crippen LogP contribution in [0, 0.1) is 40.4 Å². The molecule has 0 unspecified atom stereocenters. The van der Waals surface area contributed by atoms with Crippen molar-refractivity contribution in [2.45, 2.75) is 72.1 Å². The second kappa shape index (κ2) is 5.25. The van der Waals surface area contributed by atoms with E-state index in [1.54, 1.807) is 6.92 Å². The fraction of sp³-hybridized carbons (Fsp3) is 0.857. The van der Waals surface area contributed by atoms with Gasteiger partial charge < -0.3 is 0 Å². The third-order valence-electron chi connectivity index (χ3n) is 8.77. The highest BCUT2D eigenvalue weighted by molar-refractivity contribution is 5.91. The van der Waals surface area contributed by atoms with Gasteiger partial charge in [-0.2, -0.15) is 0 Å². The van der Waals surface area contributed by atoms with E-state index >= 15 is 0 Å². The molecule has 0 N–H and O–H groups in total. The molecule has 132 valence electrons. The highest BCUT2D eigenvalue weighted by Crippen LogP contribution is 2.66. The minimum Gasteiger partial charge on any atom is -0.300 e. The van der Waals surface area contributed by atoms with Gasteiger partial charge in [-0.25, -0.2) is 0 Å². The molecule has 24 heavy (non-hydrogen) atoms. The van der Waals surface area contributed by atoms with E-state index in [-0.39, 0.29) is 28.4 Å². The number of hydrogen-bond acceptors (Lipinski definition) is 3. The summed E-state index contributed by atoms with van der Waals surface area (Å²) < 4.78 is 0. The van der Waals surface area contributed by atoms with Crippen LogP contribution in [0.2, 0.25) is 0 Å². The van der Waals surface area contributed by atoms with Gasteiger partial charge in [-0.1, -0.05) is 13.8 Å². The fourth-order valence-corrected chi connectivity index (χ4v) is 7.50. The summed E-state index contributed by atoms with van der Waals surface area (Å²) in [5.41, 5.74) is 0.116. The van der Waals surface area contributed by atoms with E-state index in [1.807, 2.05) is 0 Å². The van der Waals surface area contributed by atoms with Crippen LogP contribution < -0.4 is 0 Å². The molecular weight excluding hydrogens is 300 g/mol. The Hall–Kier alpha value is -0.990. The molecule has 0 saturated heterocycles. The van der Waals surface area contributed by atoms with E-state index in [4.69, 9.17) is 0 Å². The summed E-state index contributed by atoms with van der Waals surface area (Å²) in [5, 5.41) is 0. The Morgan fingerprint density at radius 3 is 2.38 bits per heavy atom. The second-order valence-corrected chi connectivity index (χ2v) is 9.63. The number of hydrogen-bond donors (Lipinski definition) is 0. The maximum Gasteiger partial charge on any atom is 0.137 e. The van der Waals surface area contributed by atoms with Gasteiger partial charge >= 0.3 is 0 Å². The summed E-state index contributed by atoms with van der Waals surface area (Å²) in [7, 11) is 0. The zero-order valence-corrected chi connectivity index (χ0v) is 15.3. The number of Topliss-reactive ketones (excluding diaryl/α,β-unsaturated/α-hetero) is 3.